The van der Waals surface area contributed by atoms with Gasteiger partial charge in [-0.2, -0.15) is 0 Å². The van der Waals surface area contributed by atoms with Gasteiger partial charge in [0.1, 0.15) is 18.4 Å². The van der Waals surface area contributed by atoms with E-state index in [1.807, 2.05) is 0 Å². The van der Waals surface area contributed by atoms with Gasteiger partial charge in [-0.25, -0.2) is 0 Å². The fraction of sp³-hybridized carbons (Fsp3) is 0.529. The number of rotatable bonds is 1. The van der Waals surface area contributed by atoms with Gasteiger partial charge in [0.25, 0.3) is 5.91 Å². The molecule has 0 saturated carbocycles. The summed E-state index contributed by atoms with van der Waals surface area (Å²) in [5, 5.41) is 10.0. The molecule has 1 fully saturated rings. The van der Waals surface area contributed by atoms with E-state index in [9.17, 15) is 14.7 Å². The Bertz CT molecular complexity index is 664. The van der Waals surface area contributed by atoms with E-state index in [0.29, 0.717) is 42.9 Å². The van der Waals surface area contributed by atoms with Crippen LogP contribution in [-0.2, 0) is 4.79 Å². The Labute approximate surface area is 141 Å². The Balaban J connectivity index is 1.84. The Kier molecular flexibility index (Phi) is 4.23. The third-order valence-corrected chi connectivity index (χ3v) is 4.76. The van der Waals surface area contributed by atoms with Crippen molar-refractivity contribution in [3.63, 3.8) is 0 Å². The van der Waals surface area contributed by atoms with Crippen LogP contribution in [0.4, 0.5) is 5.69 Å². The van der Waals surface area contributed by atoms with Crippen LogP contribution in [0.1, 0.15) is 30.1 Å². The maximum atomic E-state index is 12.7. The molecule has 1 aromatic rings. The normalized spacial score (nSPS) is 23.3. The summed E-state index contributed by atoms with van der Waals surface area (Å²) in [6, 6.07) is 4.35. The number of ether oxygens (including phenoxy) is 1. The number of carbonyl (C=O) groups is 2. The molecule has 3 N–H and O–H groups in total. The first-order valence-corrected chi connectivity index (χ1v) is 8.10. The van der Waals surface area contributed by atoms with E-state index in [-0.39, 0.29) is 18.4 Å². The molecule has 2 heterocycles. The van der Waals surface area contributed by atoms with E-state index in [2.05, 4.69) is 0 Å². The standard InChI is InChI=1S/C17H23N3O4/c1-17(23)5-7-20(8-6-17)15(21)11-3-4-14-13(9-11)19(2)16(22)12(18)10-24-14/h3-4,9,12,23H,5-8,10,18H2,1-2H3/t12-/m0/s1. The fourth-order valence-corrected chi connectivity index (χ4v) is 3.03. The first kappa shape index (κ1) is 16.7. The average Bonchev–Trinajstić information content (AvgIpc) is 2.66. The molecule has 24 heavy (non-hydrogen) atoms. The topological polar surface area (TPSA) is 96.1 Å². The van der Waals surface area contributed by atoms with Gasteiger partial charge in [-0.1, -0.05) is 0 Å². The second kappa shape index (κ2) is 6.07. The van der Waals surface area contributed by atoms with Crippen LogP contribution in [0.3, 0.4) is 0 Å². The van der Waals surface area contributed by atoms with E-state index >= 15 is 0 Å². The van der Waals surface area contributed by atoms with Gasteiger partial charge >= 0.3 is 0 Å². The highest BCUT2D eigenvalue weighted by Crippen LogP contribution is 2.32. The van der Waals surface area contributed by atoms with Gasteiger partial charge in [-0.15, -0.1) is 0 Å². The van der Waals surface area contributed by atoms with Crippen LogP contribution >= 0.6 is 0 Å². The number of hydrogen-bond donors (Lipinski definition) is 2. The lowest BCUT2D eigenvalue weighted by atomic mass is 9.93. The molecule has 2 amide bonds. The second-order valence-electron chi connectivity index (χ2n) is 6.79. The van der Waals surface area contributed by atoms with Gasteiger partial charge < -0.3 is 25.4 Å². The molecule has 7 heteroatoms. The van der Waals surface area contributed by atoms with Crippen molar-refractivity contribution in [1.29, 1.82) is 0 Å². The first-order valence-electron chi connectivity index (χ1n) is 8.10. The van der Waals surface area contributed by atoms with Gasteiger partial charge in [0.05, 0.1) is 11.3 Å². The zero-order valence-corrected chi connectivity index (χ0v) is 14.0. The molecule has 0 radical (unpaired) electrons. The number of piperidine rings is 1. The number of aliphatic hydroxyl groups is 1. The molecule has 0 aliphatic carbocycles. The van der Waals surface area contributed by atoms with Gasteiger partial charge in [0, 0.05) is 25.7 Å². The number of hydrogen-bond acceptors (Lipinski definition) is 5. The molecule has 1 aromatic carbocycles. The largest absolute Gasteiger partial charge is 0.489 e. The average molecular weight is 333 g/mol. The quantitative estimate of drug-likeness (QED) is 0.773. The molecule has 1 atom stereocenters. The maximum Gasteiger partial charge on any atom is 0.253 e. The minimum Gasteiger partial charge on any atom is -0.489 e. The van der Waals surface area contributed by atoms with E-state index < -0.39 is 11.6 Å². The van der Waals surface area contributed by atoms with Crippen molar-refractivity contribution >= 4 is 17.5 Å². The lowest BCUT2D eigenvalue weighted by Crippen LogP contribution is -2.45. The predicted octanol–water partition coefficient (Wildman–Crippen LogP) is 0.356. The van der Waals surface area contributed by atoms with Crippen LogP contribution in [0.5, 0.6) is 5.75 Å². The molecule has 3 rings (SSSR count). The van der Waals surface area contributed by atoms with E-state index in [1.54, 1.807) is 37.1 Å². The highest BCUT2D eigenvalue weighted by Gasteiger charge is 2.31. The van der Waals surface area contributed by atoms with Crippen LogP contribution in [0.25, 0.3) is 0 Å². The molecule has 2 aliphatic heterocycles. The highest BCUT2D eigenvalue weighted by atomic mass is 16.5. The predicted molar refractivity (Wildman–Crippen MR) is 89.1 cm³/mol. The van der Waals surface area contributed by atoms with Gasteiger partial charge in [0.2, 0.25) is 5.91 Å². The minimum absolute atomic E-state index is 0.109. The highest BCUT2D eigenvalue weighted by molar-refractivity contribution is 6.01. The monoisotopic (exact) mass is 333 g/mol. The zero-order valence-electron chi connectivity index (χ0n) is 14.0. The van der Waals surface area contributed by atoms with Gasteiger partial charge in [0.15, 0.2) is 0 Å². The Morgan fingerprint density at radius 2 is 2.04 bits per heavy atom. The van der Waals surface area contributed by atoms with E-state index in [0.717, 1.165) is 0 Å². The molecule has 7 nitrogen and oxygen atoms in total. The number of fused-ring (bicyclic) bond motifs is 1. The summed E-state index contributed by atoms with van der Waals surface area (Å²) < 4.78 is 5.56. The second-order valence-corrected chi connectivity index (χ2v) is 6.79. The summed E-state index contributed by atoms with van der Waals surface area (Å²) in [7, 11) is 1.63. The Hall–Kier alpha value is -2.12. The molecule has 130 valence electrons. The lowest BCUT2D eigenvalue weighted by Gasteiger charge is -2.35. The summed E-state index contributed by atoms with van der Waals surface area (Å²) in [5.41, 5.74) is 6.10. The summed E-state index contributed by atoms with van der Waals surface area (Å²) in [5.74, 6) is 0.187. The molecule has 1 saturated heterocycles. The zero-order chi connectivity index (χ0) is 17.5. The molecule has 0 spiro atoms. The molecule has 0 bridgehead atoms. The fourth-order valence-electron chi connectivity index (χ4n) is 3.03. The van der Waals surface area contributed by atoms with Crippen molar-refractivity contribution in [2.24, 2.45) is 5.73 Å². The maximum absolute atomic E-state index is 12.7. The minimum atomic E-state index is -0.717. The van der Waals surface area contributed by atoms with E-state index in [1.165, 1.54) is 4.90 Å². The number of amides is 2. The number of benzene rings is 1. The van der Waals surface area contributed by atoms with Crippen molar-refractivity contribution < 1.29 is 19.4 Å². The van der Waals surface area contributed by atoms with Crippen molar-refractivity contribution in [1.82, 2.24) is 4.90 Å². The lowest BCUT2D eigenvalue weighted by molar-refractivity contribution is -0.119. The van der Waals surface area contributed by atoms with Crippen molar-refractivity contribution in [2.45, 2.75) is 31.4 Å². The molecular formula is C17H23N3O4. The summed E-state index contributed by atoms with van der Waals surface area (Å²) in [6.45, 7) is 2.93. The smallest absolute Gasteiger partial charge is 0.253 e. The van der Waals surface area contributed by atoms with Crippen LogP contribution in [0.15, 0.2) is 18.2 Å². The van der Waals surface area contributed by atoms with Gasteiger partial charge in [-0.3, -0.25) is 9.59 Å². The number of likely N-dealkylation sites (tertiary alicyclic amines) is 1. The van der Waals surface area contributed by atoms with Crippen LogP contribution in [-0.4, -0.2) is 60.2 Å². The Morgan fingerprint density at radius 3 is 2.71 bits per heavy atom. The van der Waals surface area contributed by atoms with Crippen molar-refractivity contribution in [2.75, 3.05) is 31.6 Å². The van der Waals surface area contributed by atoms with Crippen LogP contribution in [0, 0.1) is 0 Å². The van der Waals surface area contributed by atoms with Crippen LogP contribution < -0.4 is 15.4 Å². The third-order valence-electron chi connectivity index (χ3n) is 4.76. The number of anilines is 1. The van der Waals surface area contributed by atoms with Crippen molar-refractivity contribution in [3.8, 4) is 5.75 Å². The molecule has 0 unspecified atom stereocenters. The summed E-state index contributed by atoms with van der Waals surface area (Å²) in [4.78, 5) is 28.0. The SMILES string of the molecule is CN1C(=O)[C@@H](N)COc2ccc(C(=O)N3CCC(C)(O)CC3)cc21. The Morgan fingerprint density at radius 1 is 1.38 bits per heavy atom. The number of carbonyl (C=O) groups excluding carboxylic acids is 2. The summed E-state index contributed by atoms with van der Waals surface area (Å²) >= 11 is 0. The number of nitrogens with two attached hydrogens (primary N) is 1. The third kappa shape index (κ3) is 3.09. The molecule has 0 aromatic heterocycles. The molecular weight excluding hydrogens is 310 g/mol. The van der Waals surface area contributed by atoms with E-state index in [4.69, 9.17) is 10.5 Å². The van der Waals surface area contributed by atoms with Gasteiger partial charge in [-0.05, 0) is 38.0 Å². The van der Waals surface area contributed by atoms with Crippen LogP contribution in [0.2, 0.25) is 0 Å². The first-order chi connectivity index (χ1) is 11.3. The van der Waals surface area contributed by atoms with Crippen molar-refractivity contribution in [3.05, 3.63) is 23.8 Å². The summed E-state index contributed by atoms with van der Waals surface area (Å²) in [6.07, 6.45) is 1.11. The molecule has 2 aliphatic rings. The number of likely N-dealkylation sites (N-methyl/N-ethyl adjacent to an activating group) is 1. The number of nitrogens with zero attached hydrogens (tertiary/aromatic N) is 2.